The Bertz CT molecular complexity index is 474. The number of hydrogen-bond donors (Lipinski definition) is 1. The quantitative estimate of drug-likeness (QED) is 0.832. The molecule has 0 radical (unpaired) electrons. The Labute approximate surface area is 94.7 Å². The lowest BCUT2D eigenvalue weighted by Crippen LogP contribution is -2.22. The molecule has 0 saturated carbocycles. The first-order valence-electron chi connectivity index (χ1n) is 5.20. The van der Waals surface area contributed by atoms with E-state index in [1.165, 1.54) is 0 Å². The maximum Gasteiger partial charge on any atom is 0.251 e. The van der Waals surface area contributed by atoms with Crippen LogP contribution in [0.3, 0.4) is 0 Å². The number of benzene rings is 1. The van der Waals surface area contributed by atoms with E-state index in [-0.39, 0.29) is 5.91 Å². The van der Waals surface area contributed by atoms with Crippen molar-refractivity contribution in [3.05, 3.63) is 59.9 Å². The van der Waals surface area contributed by atoms with Gasteiger partial charge in [0.25, 0.3) is 5.91 Å². The van der Waals surface area contributed by atoms with Crippen LogP contribution < -0.4 is 5.32 Å². The monoisotopic (exact) mass is 214 g/mol. The fraction of sp³-hybridized carbons (Fsp3) is 0.154. The average Bonchev–Trinajstić information content (AvgIpc) is 2.73. The molecule has 1 heterocycles. The van der Waals surface area contributed by atoms with Gasteiger partial charge in [0, 0.05) is 31.5 Å². The second kappa shape index (κ2) is 4.66. The molecule has 1 aromatic carbocycles. The number of aryl methyl sites for hydroxylation is 1. The number of carbonyl (C=O) groups excluding carboxylic acids is 1. The summed E-state index contributed by atoms with van der Waals surface area (Å²) >= 11 is 0. The van der Waals surface area contributed by atoms with Crippen molar-refractivity contribution in [3.63, 3.8) is 0 Å². The Morgan fingerprint density at radius 2 is 2.00 bits per heavy atom. The van der Waals surface area contributed by atoms with Crippen molar-refractivity contribution >= 4 is 5.91 Å². The first-order chi connectivity index (χ1) is 7.75. The van der Waals surface area contributed by atoms with Gasteiger partial charge >= 0.3 is 0 Å². The molecule has 82 valence electrons. The summed E-state index contributed by atoms with van der Waals surface area (Å²) in [5.74, 6) is -0.0375. The number of rotatable bonds is 3. The van der Waals surface area contributed by atoms with Crippen LogP contribution in [0.5, 0.6) is 0 Å². The topological polar surface area (TPSA) is 34.0 Å². The Hall–Kier alpha value is -2.03. The Morgan fingerprint density at radius 3 is 2.62 bits per heavy atom. The van der Waals surface area contributed by atoms with Crippen molar-refractivity contribution in [1.82, 2.24) is 9.88 Å². The van der Waals surface area contributed by atoms with Crippen molar-refractivity contribution in [3.8, 4) is 0 Å². The molecule has 3 nitrogen and oxygen atoms in total. The highest BCUT2D eigenvalue weighted by Gasteiger charge is 2.03. The van der Waals surface area contributed by atoms with Gasteiger partial charge in [-0.1, -0.05) is 18.2 Å². The predicted octanol–water partition coefficient (Wildman–Crippen LogP) is 1.96. The molecule has 1 aromatic heterocycles. The van der Waals surface area contributed by atoms with Crippen LogP contribution in [-0.4, -0.2) is 10.5 Å². The van der Waals surface area contributed by atoms with Gasteiger partial charge in [-0.05, 0) is 23.8 Å². The summed E-state index contributed by atoms with van der Waals surface area (Å²) in [6.45, 7) is 0.564. The van der Waals surface area contributed by atoms with Gasteiger partial charge < -0.3 is 9.88 Å². The van der Waals surface area contributed by atoms with Gasteiger partial charge in [0.2, 0.25) is 0 Å². The minimum absolute atomic E-state index is 0.0375. The maximum absolute atomic E-state index is 11.7. The van der Waals surface area contributed by atoms with E-state index in [4.69, 9.17) is 0 Å². The number of nitrogens with zero attached hydrogens (tertiary/aromatic N) is 1. The van der Waals surface area contributed by atoms with Gasteiger partial charge in [-0.25, -0.2) is 0 Å². The largest absolute Gasteiger partial charge is 0.357 e. The van der Waals surface area contributed by atoms with Crippen molar-refractivity contribution in [1.29, 1.82) is 0 Å². The zero-order chi connectivity index (χ0) is 11.4. The fourth-order valence-electron chi connectivity index (χ4n) is 1.54. The molecular formula is C13H14N2O. The molecule has 1 amide bonds. The molecule has 2 rings (SSSR count). The van der Waals surface area contributed by atoms with Crippen molar-refractivity contribution in [2.45, 2.75) is 6.54 Å². The third kappa shape index (κ3) is 2.51. The van der Waals surface area contributed by atoms with Gasteiger partial charge in [0.1, 0.15) is 0 Å². The van der Waals surface area contributed by atoms with Crippen LogP contribution >= 0.6 is 0 Å². The SMILES string of the molecule is Cn1ccc(CNC(=O)c2ccccc2)c1. The molecule has 1 N–H and O–H groups in total. The van der Waals surface area contributed by atoms with Crippen LogP contribution in [0.2, 0.25) is 0 Å². The highest BCUT2D eigenvalue weighted by atomic mass is 16.1. The van der Waals surface area contributed by atoms with E-state index in [2.05, 4.69) is 5.32 Å². The Morgan fingerprint density at radius 1 is 1.25 bits per heavy atom. The van der Waals surface area contributed by atoms with E-state index in [9.17, 15) is 4.79 Å². The van der Waals surface area contributed by atoms with E-state index >= 15 is 0 Å². The number of nitrogens with one attached hydrogen (secondary N) is 1. The van der Waals surface area contributed by atoms with E-state index in [0.29, 0.717) is 12.1 Å². The molecule has 0 atom stereocenters. The molecule has 0 aliphatic heterocycles. The minimum Gasteiger partial charge on any atom is -0.357 e. The number of amides is 1. The number of carbonyl (C=O) groups is 1. The molecule has 0 aliphatic carbocycles. The van der Waals surface area contributed by atoms with E-state index in [1.54, 1.807) is 12.1 Å². The second-order valence-corrected chi connectivity index (χ2v) is 3.73. The summed E-state index contributed by atoms with van der Waals surface area (Å²) in [7, 11) is 1.96. The lowest BCUT2D eigenvalue weighted by Gasteiger charge is -2.03. The summed E-state index contributed by atoms with van der Waals surface area (Å²) < 4.78 is 1.96. The summed E-state index contributed by atoms with van der Waals surface area (Å²) in [6.07, 6.45) is 3.95. The van der Waals surface area contributed by atoms with Gasteiger partial charge in [-0.15, -0.1) is 0 Å². The summed E-state index contributed by atoms with van der Waals surface area (Å²) in [6, 6.07) is 11.2. The third-order valence-corrected chi connectivity index (χ3v) is 2.38. The van der Waals surface area contributed by atoms with Crippen LogP contribution in [0.4, 0.5) is 0 Å². The third-order valence-electron chi connectivity index (χ3n) is 2.38. The molecule has 0 bridgehead atoms. The summed E-state index contributed by atoms with van der Waals surface area (Å²) in [5.41, 5.74) is 1.80. The van der Waals surface area contributed by atoms with Crippen molar-refractivity contribution < 1.29 is 4.79 Å². The van der Waals surface area contributed by atoms with Crippen LogP contribution in [0.1, 0.15) is 15.9 Å². The van der Waals surface area contributed by atoms with E-state index in [1.807, 2.05) is 48.3 Å². The molecular weight excluding hydrogens is 200 g/mol. The summed E-state index contributed by atoms with van der Waals surface area (Å²) in [4.78, 5) is 11.7. The molecule has 0 fully saturated rings. The first kappa shape index (κ1) is 10.5. The molecule has 0 aliphatic rings. The standard InChI is InChI=1S/C13H14N2O/c1-15-8-7-11(10-15)9-14-13(16)12-5-3-2-4-6-12/h2-8,10H,9H2,1H3,(H,14,16). The van der Waals surface area contributed by atoms with Gasteiger partial charge in [-0.3, -0.25) is 4.79 Å². The zero-order valence-corrected chi connectivity index (χ0v) is 9.18. The van der Waals surface area contributed by atoms with Crippen LogP contribution in [0.15, 0.2) is 48.8 Å². The molecule has 3 heteroatoms. The van der Waals surface area contributed by atoms with Crippen LogP contribution in [-0.2, 0) is 13.6 Å². The normalized spacial score (nSPS) is 10.1. The first-order valence-corrected chi connectivity index (χ1v) is 5.20. The average molecular weight is 214 g/mol. The Kier molecular flexibility index (Phi) is 3.05. The molecule has 16 heavy (non-hydrogen) atoms. The van der Waals surface area contributed by atoms with E-state index in [0.717, 1.165) is 5.56 Å². The lowest BCUT2D eigenvalue weighted by molar-refractivity contribution is 0.0951. The lowest BCUT2D eigenvalue weighted by atomic mass is 10.2. The van der Waals surface area contributed by atoms with Crippen LogP contribution in [0, 0.1) is 0 Å². The highest BCUT2D eigenvalue weighted by molar-refractivity contribution is 5.94. The maximum atomic E-state index is 11.7. The van der Waals surface area contributed by atoms with Crippen molar-refractivity contribution in [2.24, 2.45) is 7.05 Å². The molecule has 0 spiro atoms. The molecule has 0 unspecified atom stereocenters. The smallest absolute Gasteiger partial charge is 0.251 e. The summed E-state index contributed by atoms with van der Waals surface area (Å²) in [5, 5.41) is 2.88. The van der Waals surface area contributed by atoms with Crippen molar-refractivity contribution in [2.75, 3.05) is 0 Å². The number of aromatic nitrogens is 1. The number of hydrogen-bond acceptors (Lipinski definition) is 1. The van der Waals surface area contributed by atoms with Gasteiger partial charge in [0.15, 0.2) is 0 Å². The molecule has 0 saturated heterocycles. The van der Waals surface area contributed by atoms with Crippen LogP contribution in [0.25, 0.3) is 0 Å². The Balaban J connectivity index is 1.94. The highest BCUT2D eigenvalue weighted by Crippen LogP contribution is 2.01. The van der Waals surface area contributed by atoms with E-state index < -0.39 is 0 Å². The van der Waals surface area contributed by atoms with Gasteiger partial charge in [0.05, 0.1) is 0 Å². The zero-order valence-electron chi connectivity index (χ0n) is 9.18. The predicted molar refractivity (Wildman–Crippen MR) is 63.0 cm³/mol. The fourth-order valence-corrected chi connectivity index (χ4v) is 1.54. The second-order valence-electron chi connectivity index (χ2n) is 3.73. The van der Waals surface area contributed by atoms with Gasteiger partial charge in [-0.2, -0.15) is 0 Å². The molecule has 2 aromatic rings. The minimum atomic E-state index is -0.0375.